The fourth-order valence-corrected chi connectivity index (χ4v) is 7.54. The third-order valence-electron chi connectivity index (χ3n) is 4.41. The summed E-state index contributed by atoms with van der Waals surface area (Å²) in [5.74, 6) is -0.951. The molecule has 0 saturated heterocycles. The molecule has 29 heavy (non-hydrogen) atoms. The summed E-state index contributed by atoms with van der Waals surface area (Å²) in [4.78, 5) is 21.4. The fraction of sp³-hybridized carbons (Fsp3) is 0.364. The molecule has 0 radical (unpaired) electrons. The molecule has 0 heterocycles. The third-order valence-corrected chi connectivity index (χ3v) is 9.39. The zero-order chi connectivity index (χ0) is 21.9. The van der Waals surface area contributed by atoms with Crippen LogP contribution in [0.4, 0.5) is 0 Å². The summed E-state index contributed by atoms with van der Waals surface area (Å²) in [5.41, 5.74) is 0. The average molecular weight is 419 g/mol. The predicted molar refractivity (Wildman–Crippen MR) is 115 cm³/mol. The fourth-order valence-electron chi connectivity index (χ4n) is 3.05. The van der Waals surface area contributed by atoms with Gasteiger partial charge in [0.15, 0.2) is 0 Å². The molecule has 0 saturated carbocycles. The number of carbonyl (C=O) groups is 2. The highest BCUT2D eigenvalue weighted by atomic mass is 28.4. The molecule has 2 aromatic rings. The Morgan fingerprint density at radius 2 is 1.24 bits per heavy atom. The Kier molecular flexibility index (Phi) is 9.74. The minimum absolute atomic E-state index is 0.0379. The number of methoxy groups -OCH3 is 2. The summed E-state index contributed by atoms with van der Waals surface area (Å²) in [7, 11) is -0.0224. The molecule has 0 fully saturated rings. The van der Waals surface area contributed by atoms with E-state index in [1.807, 2.05) is 36.4 Å². The number of aliphatic hydroxyl groups is 1. The van der Waals surface area contributed by atoms with E-state index in [0.717, 1.165) is 10.4 Å². The highest BCUT2D eigenvalue weighted by Gasteiger charge is 2.50. The van der Waals surface area contributed by atoms with Gasteiger partial charge in [-0.25, -0.2) is 9.59 Å². The Morgan fingerprint density at radius 1 is 0.828 bits per heavy atom. The molecule has 2 aromatic carbocycles. The van der Waals surface area contributed by atoms with Gasteiger partial charge in [-0.3, -0.25) is 0 Å². The minimum atomic E-state index is -2.63. The summed E-state index contributed by atoms with van der Waals surface area (Å²) >= 11 is 0. The molecule has 0 amide bonds. The van der Waals surface area contributed by atoms with Crippen LogP contribution in [0.1, 0.15) is 20.8 Å². The van der Waals surface area contributed by atoms with E-state index in [1.54, 1.807) is 0 Å². The van der Waals surface area contributed by atoms with Crippen LogP contribution >= 0.6 is 0 Å². The van der Waals surface area contributed by atoms with Crippen LogP contribution in [0.3, 0.4) is 0 Å². The summed E-state index contributed by atoms with van der Waals surface area (Å²) in [6, 6.07) is 20.5. The van der Waals surface area contributed by atoms with Crippen molar-refractivity contribution in [1.82, 2.24) is 0 Å². The molecule has 158 valence electrons. The second-order valence-electron chi connectivity index (χ2n) is 7.26. The molecule has 0 aliphatic rings. The number of benzene rings is 2. The molecular weight excluding hydrogens is 388 g/mol. The number of carbonyl (C=O) groups excluding carboxylic acids is 2. The lowest BCUT2D eigenvalue weighted by Crippen LogP contribution is -2.67. The average Bonchev–Trinajstić information content (AvgIpc) is 2.74. The number of aliphatic hydroxyl groups excluding tert-OH is 1. The first-order valence-corrected chi connectivity index (χ1v) is 11.1. The Bertz CT molecular complexity index is 710. The van der Waals surface area contributed by atoms with E-state index in [9.17, 15) is 9.59 Å². The molecule has 0 bridgehead atoms. The molecule has 0 spiro atoms. The highest BCUT2D eigenvalue weighted by molar-refractivity contribution is 6.99. The van der Waals surface area contributed by atoms with E-state index in [2.05, 4.69) is 49.8 Å². The van der Waals surface area contributed by atoms with Gasteiger partial charge in [0.25, 0.3) is 8.32 Å². The van der Waals surface area contributed by atoms with Crippen molar-refractivity contribution in [3.05, 3.63) is 60.7 Å². The maximum Gasteiger partial charge on any atom is 0.331 e. The summed E-state index contributed by atoms with van der Waals surface area (Å²) in [5, 5.41) is 10.0. The Balaban J connectivity index is 0.000000612. The van der Waals surface area contributed by atoms with Crippen molar-refractivity contribution in [2.75, 3.05) is 27.4 Å². The first-order chi connectivity index (χ1) is 13.7. The molecular formula is C22H30O6Si. The van der Waals surface area contributed by atoms with Crippen LogP contribution in [0.25, 0.3) is 0 Å². The van der Waals surface area contributed by atoms with Gasteiger partial charge >= 0.3 is 11.9 Å². The number of hydrogen-bond donors (Lipinski definition) is 1. The van der Waals surface area contributed by atoms with Crippen LogP contribution in [0.2, 0.25) is 5.04 Å². The van der Waals surface area contributed by atoms with E-state index in [-0.39, 0.29) is 17.6 Å². The first-order valence-electron chi connectivity index (χ1n) is 9.22. The second kappa shape index (κ2) is 11.5. The lowest BCUT2D eigenvalue weighted by molar-refractivity contribution is -0.144. The Labute approximate surface area is 173 Å². The molecule has 1 N–H and O–H groups in total. The van der Waals surface area contributed by atoms with Crippen molar-refractivity contribution in [2.24, 2.45) is 0 Å². The monoisotopic (exact) mass is 418 g/mol. The van der Waals surface area contributed by atoms with Crippen molar-refractivity contribution in [1.29, 1.82) is 0 Å². The van der Waals surface area contributed by atoms with Gasteiger partial charge in [0.05, 0.1) is 14.2 Å². The lowest BCUT2D eigenvalue weighted by atomic mass is 10.2. The molecule has 0 aliphatic carbocycles. The molecule has 2 rings (SSSR count). The van der Waals surface area contributed by atoms with Crippen molar-refractivity contribution in [3.63, 3.8) is 0 Å². The highest BCUT2D eigenvalue weighted by Crippen LogP contribution is 2.36. The predicted octanol–water partition coefficient (Wildman–Crippen LogP) is 1.89. The van der Waals surface area contributed by atoms with E-state index in [4.69, 9.17) is 14.3 Å². The normalized spacial score (nSPS) is 11.1. The van der Waals surface area contributed by atoms with Crippen molar-refractivity contribution >= 4 is 30.6 Å². The number of rotatable bonds is 6. The van der Waals surface area contributed by atoms with Crippen LogP contribution in [-0.2, 0) is 23.5 Å². The van der Waals surface area contributed by atoms with Gasteiger partial charge in [-0.2, -0.15) is 0 Å². The van der Waals surface area contributed by atoms with Gasteiger partial charge in [-0.15, -0.1) is 0 Å². The van der Waals surface area contributed by atoms with Gasteiger partial charge in [-0.05, 0) is 15.4 Å². The molecule has 0 aromatic heterocycles. The number of hydrogen-bond acceptors (Lipinski definition) is 6. The second-order valence-corrected chi connectivity index (χ2v) is 11.6. The van der Waals surface area contributed by atoms with Crippen LogP contribution in [0.15, 0.2) is 60.7 Å². The summed E-state index contributed by atoms with van der Waals surface area (Å²) in [6.45, 7) is 5.96. The van der Waals surface area contributed by atoms with Crippen LogP contribution in [0.5, 0.6) is 0 Å². The van der Waals surface area contributed by atoms with E-state index >= 15 is 0 Å². The Hall–Kier alpha value is -2.48. The van der Waals surface area contributed by atoms with E-state index in [0.29, 0.717) is 0 Å². The molecule has 0 atom stereocenters. The SMILES string of the molecule is COC(=O)CO.COC(=O)CO[Si](c1ccccc1)(c1ccccc1)C(C)(C)C. The van der Waals surface area contributed by atoms with Crippen molar-refractivity contribution < 1.29 is 28.6 Å². The van der Waals surface area contributed by atoms with Crippen LogP contribution < -0.4 is 10.4 Å². The Morgan fingerprint density at radius 3 is 1.52 bits per heavy atom. The van der Waals surface area contributed by atoms with E-state index in [1.165, 1.54) is 14.2 Å². The standard InChI is InChI=1S/C19H24O3Si.C3H6O3/c1-19(2,3)23(22-15-18(20)21-4,16-11-7-5-8-12-16)17-13-9-6-10-14-17;1-6-3(5)2-4/h5-14H,15H2,1-4H3;4H,2H2,1H3. The van der Waals surface area contributed by atoms with Crippen LogP contribution in [-0.4, -0.2) is 52.8 Å². The molecule has 6 nitrogen and oxygen atoms in total. The zero-order valence-corrected chi connectivity index (χ0v) is 18.7. The number of esters is 2. The van der Waals surface area contributed by atoms with Crippen LogP contribution in [0, 0.1) is 0 Å². The molecule has 7 heteroatoms. The number of ether oxygens (including phenoxy) is 2. The van der Waals surface area contributed by atoms with Gasteiger partial charge in [0.2, 0.25) is 0 Å². The lowest BCUT2D eigenvalue weighted by Gasteiger charge is -2.42. The van der Waals surface area contributed by atoms with Gasteiger partial charge in [0.1, 0.15) is 13.2 Å². The van der Waals surface area contributed by atoms with Gasteiger partial charge in [0, 0.05) is 0 Å². The van der Waals surface area contributed by atoms with Crippen molar-refractivity contribution in [2.45, 2.75) is 25.8 Å². The quantitative estimate of drug-likeness (QED) is 0.570. The van der Waals surface area contributed by atoms with Gasteiger partial charge < -0.3 is 19.0 Å². The largest absolute Gasteiger partial charge is 0.467 e. The topological polar surface area (TPSA) is 82.1 Å². The smallest absolute Gasteiger partial charge is 0.331 e. The third kappa shape index (κ3) is 6.52. The summed E-state index contributed by atoms with van der Waals surface area (Å²) < 4.78 is 15.2. The summed E-state index contributed by atoms with van der Waals surface area (Å²) in [6.07, 6.45) is 0. The zero-order valence-electron chi connectivity index (χ0n) is 17.7. The first kappa shape index (κ1) is 24.6. The van der Waals surface area contributed by atoms with Gasteiger partial charge in [-0.1, -0.05) is 81.4 Å². The van der Waals surface area contributed by atoms with E-state index < -0.39 is 20.9 Å². The minimum Gasteiger partial charge on any atom is -0.467 e. The molecule has 0 aliphatic heterocycles. The maximum atomic E-state index is 11.7. The van der Waals surface area contributed by atoms with Crippen molar-refractivity contribution in [3.8, 4) is 0 Å². The maximum absolute atomic E-state index is 11.7. The molecule has 0 unspecified atom stereocenters.